The average Bonchev–Trinajstić information content (AvgIpc) is 2.90. The van der Waals surface area contributed by atoms with E-state index in [4.69, 9.17) is 0 Å². The summed E-state index contributed by atoms with van der Waals surface area (Å²) in [7, 11) is 3.52. The lowest BCUT2D eigenvalue weighted by atomic mass is 10.1. The van der Waals surface area contributed by atoms with Crippen LogP contribution in [0.15, 0.2) is 18.2 Å². The summed E-state index contributed by atoms with van der Waals surface area (Å²) in [5.74, 6) is 0.0178. The molecule has 1 aliphatic rings. The molecule has 120 valence electrons. The van der Waals surface area contributed by atoms with Crippen LogP contribution in [-0.2, 0) is 9.59 Å². The van der Waals surface area contributed by atoms with Crippen molar-refractivity contribution in [3.63, 3.8) is 0 Å². The van der Waals surface area contributed by atoms with Crippen LogP contribution in [0.5, 0.6) is 0 Å². The van der Waals surface area contributed by atoms with Crippen molar-refractivity contribution in [1.82, 2.24) is 9.80 Å². The van der Waals surface area contributed by atoms with E-state index in [1.807, 2.05) is 36.9 Å². The summed E-state index contributed by atoms with van der Waals surface area (Å²) in [5.41, 5.74) is 3.08. The summed E-state index contributed by atoms with van der Waals surface area (Å²) in [6.07, 6.45) is 1.79. The number of benzene rings is 1. The monoisotopic (exact) mass is 303 g/mol. The molecule has 0 aromatic heterocycles. The zero-order valence-electron chi connectivity index (χ0n) is 13.8. The van der Waals surface area contributed by atoms with Crippen molar-refractivity contribution in [2.45, 2.75) is 32.7 Å². The molecule has 5 heteroatoms. The largest absolute Gasteiger partial charge is 0.347 e. The van der Waals surface area contributed by atoms with Gasteiger partial charge in [0, 0.05) is 19.8 Å². The normalized spacial score (nSPS) is 18.3. The Hall–Kier alpha value is -1.88. The quantitative estimate of drug-likeness (QED) is 0.923. The molecule has 5 nitrogen and oxygen atoms in total. The van der Waals surface area contributed by atoms with Crippen LogP contribution >= 0.6 is 0 Å². The van der Waals surface area contributed by atoms with E-state index in [0.29, 0.717) is 0 Å². The predicted octanol–water partition coefficient (Wildman–Crippen LogP) is 1.79. The molecule has 1 heterocycles. The van der Waals surface area contributed by atoms with E-state index in [-0.39, 0.29) is 24.4 Å². The molecule has 2 amide bonds. The number of rotatable bonds is 4. The zero-order valence-corrected chi connectivity index (χ0v) is 13.8. The molecule has 22 heavy (non-hydrogen) atoms. The highest BCUT2D eigenvalue weighted by molar-refractivity contribution is 5.93. The highest BCUT2D eigenvalue weighted by atomic mass is 16.2. The Morgan fingerprint density at radius 1 is 1.32 bits per heavy atom. The molecule has 0 saturated carbocycles. The first-order chi connectivity index (χ1) is 10.4. The molecule has 0 bridgehead atoms. The van der Waals surface area contributed by atoms with Gasteiger partial charge in [0.1, 0.15) is 0 Å². The maximum Gasteiger partial charge on any atom is 0.239 e. The lowest BCUT2D eigenvalue weighted by Crippen LogP contribution is -2.45. The van der Waals surface area contributed by atoms with Gasteiger partial charge in [-0.05, 0) is 50.4 Å². The number of nitrogens with zero attached hydrogens (tertiary/aromatic N) is 2. The van der Waals surface area contributed by atoms with Crippen molar-refractivity contribution in [2.75, 3.05) is 32.5 Å². The Kier molecular flexibility index (Phi) is 5.19. The molecule has 1 atom stereocenters. The molecule has 1 aliphatic heterocycles. The molecule has 1 fully saturated rings. The molecular weight excluding hydrogens is 278 g/mol. The lowest BCUT2D eigenvalue weighted by molar-refractivity contribution is -0.133. The van der Waals surface area contributed by atoms with Crippen LogP contribution in [0.4, 0.5) is 5.69 Å². The van der Waals surface area contributed by atoms with E-state index in [1.54, 1.807) is 19.0 Å². The van der Waals surface area contributed by atoms with Gasteiger partial charge >= 0.3 is 0 Å². The van der Waals surface area contributed by atoms with Crippen LogP contribution in [-0.4, -0.2) is 54.8 Å². The van der Waals surface area contributed by atoms with Gasteiger partial charge in [0.15, 0.2) is 0 Å². The van der Waals surface area contributed by atoms with Gasteiger partial charge in [-0.1, -0.05) is 12.1 Å². The summed E-state index contributed by atoms with van der Waals surface area (Å²) in [6, 6.07) is 5.70. The average molecular weight is 303 g/mol. The number of hydrogen-bond donors (Lipinski definition) is 1. The van der Waals surface area contributed by atoms with E-state index >= 15 is 0 Å². The first-order valence-corrected chi connectivity index (χ1v) is 7.71. The maximum absolute atomic E-state index is 12.3. The van der Waals surface area contributed by atoms with Gasteiger partial charge in [-0.3, -0.25) is 14.5 Å². The summed E-state index contributed by atoms with van der Waals surface area (Å²) in [4.78, 5) is 28.0. The Morgan fingerprint density at radius 3 is 2.73 bits per heavy atom. The van der Waals surface area contributed by atoms with Gasteiger partial charge in [-0.2, -0.15) is 0 Å². The first kappa shape index (κ1) is 16.5. The Balaban J connectivity index is 1.99. The van der Waals surface area contributed by atoms with Crippen LogP contribution < -0.4 is 5.32 Å². The van der Waals surface area contributed by atoms with Gasteiger partial charge < -0.3 is 10.2 Å². The second kappa shape index (κ2) is 6.92. The molecule has 1 unspecified atom stereocenters. The number of carbonyl (C=O) groups excluding carboxylic acids is 2. The van der Waals surface area contributed by atoms with Crippen molar-refractivity contribution in [2.24, 2.45) is 0 Å². The first-order valence-electron chi connectivity index (χ1n) is 7.71. The fourth-order valence-corrected chi connectivity index (χ4v) is 2.85. The minimum absolute atomic E-state index is 0.0628. The summed E-state index contributed by atoms with van der Waals surface area (Å²) >= 11 is 0. The molecule has 0 spiro atoms. The van der Waals surface area contributed by atoms with Crippen LogP contribution in [0.1, 0.15) is 24.0 Å². The van der Waals surface area contributed by atoms with Crippen molar-refractivity contribution in [3.05, 3.63) is 29.3 Å². The fourth-order valence-electron chi connectivity index (χ4n) is 2.85. The standard InChI is InChI=1S/C17H25N3O2/c1-12-7-5-8-14(13(12)2)18-16(21)11-20-10-6-9-15(20)17(22)19(3)4/h5,7-8,15H,6,9-11H2,1-4H3,(H,18,21). The van der Waals surface area contributed by atoms with Crippen molar-refractivity contribution in [1.29, 1.82) is 0 Å². The van der Waals surface area contributed by atoms with Crippen LogP contribution in [0, 0.1) is 13.8 Å². The maximum atomic E-state index is 12.3. The van der Waals surface area contributed by atoms with Crippen molar-refractivity contribution < 1.29 is 9.59 Å². The van der Waals surface area contributed by atoms with Gasteiger partial charge in [0.25, 0.3) is 0 Å². The van der Waals surface area contributed by atoms with Crippen molar-refractivity contribution >= 4 is 17.5 Å². The third-order valence-electron chi connectivity index (χ3n) is 4.31. The topological polar surface area (TPSA) is 52.7 Å². The highest BCUT2D eigenvalue weighted by Gasteiger charge is 2.32. The Morgan fingerprint density at radius 2 is 2.05 bits per heavy atom. The third-order valence-corrected chi connectivity index (χ3v) is 4.31. The second-order valence-electron chi connectivity index (χ2n) is 6.16. The number of nitrogens with one attached hydrogen (secondary N) is 1. The van der Waals surface area contributed by atoms with E-state index < -0.39 is 0 Å². The van der Waals surface area contributed by atoms with E-state index in [2.05, 4.69) is 5.32 Å². The number of hydrogen-bond acceptors (Lipinski definition) is 3. The third kappa shape index (κ3) is 3.65. The zero-order chi connectivity index (χ0) is 16.3. The van der Waals surface area contributed by atoms with Gasteiger partial charge in [0.05, 0.1) is 12.6 Å². The molecule has 1 N–H and O–H groups in total. The lowest BCUT2D eigenvalue weighted by Gasteiger charge is -2.25. The number of aryl methyl sites for hydroxylation is 1. The Labute approximate surface area is 132 Å². The molecule has 1 saturated heterocycles. The number of amides is 2. The molecule has 1 aromatic carbocycles. The van der Waals surface area contributed by atoms with Gasteiger partial charge in [-0.15, -0.1) is 0 Å². The number of carbonyl (C=O) groups is 2. The molecule has 2 rings (SSSR count). The predicted molar refractivity (Wildman–Crippen MR) is 87.8 cm³/mol. The summed E-state index contributed by atoms with van der Waals surface area (Å²) < 4.78 is 0. The van der Waals surface area contributed by atoms with Crippen LogP contribution in [0.2, 0.25) is 0 Å². The van der Waals surface area contributed by atoms with Gasteiger partial charge in [-0.25, -0.2) is 0 Å². The molecule has 0 radical (unpaired) electrons. The minimum atomic E-state index is -0.167. The highest BCUT2D eigenvalue weighted by Crippen LogP contribution is 2.20. The number of anilines is 1. The van der Waals surface area contributed by atoms with E-state index in [9.17, 15) is 9.59 Å². The van der Waals surface area contributed by atoms with Crippen molar-refractivity contribution in [3.8, 4) is 0 Å². The number of likely N-dealkylation sites (N-methyl/N-ethyl adjacent to an activating group) is 1. The second-order valence-corrected chi connectivity index (χ2v) is 6.16. The van der Waals surface area contributed by atoms with Crippen LogP contribution in [0.3, 0.4) is 0 Å². The van der Waals surface area contributed by atoms with Gasteiger partial charge in [0.2, 0.25) is 11.8 Å². The molecule has 1 aromatic rings. The van der Waals surface area contributed by atoms with E-state index in [1.165, 1.54) is 0 Å². The van der Waals surface area contributed by atoms with Crippen LogP contribution in [0.25, 0.3) is 0 Å². The summed E-state index contributed by atoms with van der Waals surface area (Å²) in [5, 5.41) is 2.96. The minimum Gasteiger partial charge on any atom is -0.347 e. The molecular formula is C17H25N3O2. The number of likely N-dealkylation sites (tertiary alicyclic amines) is 1. The smallest absolute Gasteiger partial charge is 0.239 e. The van der Waals surface area contributed by atoms with E-state index in [0.717, 1.165) is 36.2 Å². The fraction of sp³-hybridized carbons (Fsp3) is 0.529. The molecule has 0 aliphatic carbocycles. The Bertz CT molecular complexity index is 569. The SMILES string of the molecule is Cc1cccc(NC(=O)CN2CCCC2C(=O)N(C)C)c1C. The summed E-state index contributed by atoms with van der Waals surface area (Å²) in [6.45, 7) is 5.08.